The van der Waals surface area contributed by atoms with Crippen LogP contribution in [0, 0.1) is 6.92 Å². The van der Waals surface area contributed by atoms with Gasteiger partial charge in [0.15, 0.2) is 0 Å². The van der Waals surface area contributed by atoms with Crippen LogP contribution in [-0.4, -0.2) is 13.0 Å². The van der Waals surface area contributed by atoms with Crippen LogP contribution in [0.3, 0.4) is 0 Å². The largest absolute Gasteiger partial charge is 0.398 e. The second-order valence-electron chi connectivity index (χ2n) is 4.51. The van der Waals surface area contributed by atoms with Crippen LogP contribution in [0.25, 0.3) is 0 Å². The Morgan fingerprint density at radius 2 is 2.05 bits per heavy atom. The molecule has 3 N–H and O–H groups in total. The van der Waals surface area contributed by atoms with Crippen molar-refractivity contribution in [1.29, 1.82) is 0 Å². The Morgan fingerprint density at radius 1 is 1.35 bits per heavy atom. The van der Waals surface area contributed by atoms with Crippen molar-refractivity contribution in [1.82, 2.24) is 5.32 Å². The summed E-state index contributed by atoms with van der Waals surface area (Å²) in [4.78, 5) is 13.7. The molecule has 0 atom stereocenters. The van der Waals surface area contributed by atoms with Gasteiger partial charge in [0.05, 0.1) is 11.5 Å². The number of hydrogen-bond acceptors (Lipinski definition) is 4. The molecule has 0 saturated carbocycles. The Labute approximate surface area is 122 Å². The highest BCUT2D eigenvalue weighted by molar-refractivity contribution is 7.14. The van der Waals surface area contributed by atoms with E-state index in [4.69, 9.17) is 10.5 Å². The van der Waals surface area contributed by atoms with E-state index in [2.05, 4.69) is 5.32 Å². The normalized spacial score (nSPS) is 10.5. The zero-order valence-electron chi connectivity index (χ0n) is 11.6. The van der Waals surface area contributed by atoms with E-state index in [1.165, 1.54) is 11.3 Å². The number of ether oxygens (including phenoxy) is 1. The Kier molecular flexibility index (Phi) is 4.76. The van der Waals surface area contributed by atoms with E-state index >= 15 is 0 Å². The number of carbonyl (C=O) groups excluding carboxylic acids is 1. The van der Waals surface area contributed by atoms with E-state index in [-0.39, 0.29) is 5.91 Å². The van der Waals surface area contributed by atoms with Gasteiger partial charge in [-0.2, -0.15) is 0 Å². The second kappa shape index (κ2) is 6.54. The number of hydrogen-bond donors (Lipinski definition) is 2. The third-order valence-corrected chi connectivity index (χ3v) is 4.10. The van der Waals surface area contributed by atoms with E-state index in [0.29, 0.717) is 23.7 Å². The molecule has 1 aromatic carbocycles. The number of anilines is 1. The lowest BCUT2D eigenvalue weighted by molar-refractivity contribution is 0.0954. The third kappa shape index (κ3) is 3.37. The summed E-state index contributed by atoms with van der Waals surface area (Å²) < 4.78 is 5.15. The van der Waals surface area contributed by atoms with Crippen LogP contribution in [0.4, 0.5) is 5.69 Å². The SMILES string of the molecule is COCc1ccccc1CNC(=O)c1cc(N)c(C)s1. The van der Waals surface area contributed by atoms with Crippen molar-refractivity contribution in [2.45, 2.75) is 20.1 Å². The maximum Gasteiger partial charge on any atom is 0.261 e. The van der Waals surface area contributed by atoms with E-state index in [9.17, 15) is 4.79 Å². The molecule has 1 amide bonds. The zero-order valence-corrected chi connectivity index (χ0v) is 12.4. The average molecular weight is 290 g/mol. The first-order valence-electron chi connectivity index (χ1n) is 6.31. The third-order valence-electron chi connectivity index (χ3n) is 3.04. The molecular weight excluding hydrogens is 272 g/mol. The van der Waals surface area contributed by atoms with Gasteiger partial charge in [0.25, 0.3) is 5.91 Å². The molecule has 0 unspecified atom stereocenters. The van der Waals surface area contributed by atoms with Crippen LogP contribution in [0.15, 0.2) is 30.3 Å². The van der Waals surface area contributed by atoms with Crippen molar-refractivity contribution in [3.05, 3.63) is 51.2 Å². The fourth-order valence-electron chi connectivity index (χ4n) is 1.90. The molecule has 0 saturated heterocycles. The minimum absolute atomic E-state index is 0.0954. The van der Waals surface area contributed by atoms with Crippen molar-refractivity contribution in [2.24, 2.45) is 0 Å². The number of nitrogen functional groups attached to an aromatic ring is 1. The first-order valence-corrected chi connectivity index (χ1v) is 7.13. The lowest BCUT2D eigenvalue weighted by atomic mass is 10.1. The summed E-state index contributed by atoms with van der Waals surface area (Å²) in [6.07, 6.45) is 0. The van der Waals surface area contributed by atoms with Gasteiger partial charge >= 0.3 is 0 Å². The smallest absolute Gasteiger partial charge is 0.261 e. The topological polar surface area (TPSA) is 64.3 Å². The summed E-state index contributed by atoms with van der Waals surface area (Å²) in [6, 6.07) is 9.62. The lowest BCUT2D eigenvalue weighted by Gasteiger charge is -2.09. The lowest BCUT2D eigenvalue weighted by Crippen LogP contribution is -2.22. The molecule has 0 aliphatic rings. The molecule has 0 fully saturated rings. The minimum Gasteiger partial charge on any atom is -0.398 e. The Hall–Kier alpha value is -1.85. The van der Waals surface area contributed by atoms with Gasteiger partial charge in [-0.05, 0) is 24.1 Å². The van der Waals surface area contributed by atoms with E-state index < -0.39 is 0 Å². The number of rotatable bonds is 5. The molecular formula is C15H18N2O2S. The highest BCUT2D eigenvalue weighted by Crippen LogP contribution is 2.23. The second-order valence-corrected chi connectivity index (χ2v) is 5.76. The Balaban J connectivity index is 2.03. The summed E-state index contributed by atoms with van der Waals surface area (Å²) in [7, 11) is 1.66. The first-order chi connectivity index (χ1) is 9.61. The van der Waals surface area contributed by atoms with Crippen LogP contribution in [0.5, 0.6) is 0 Å². The summed E-state index contributed by atoms with van der Waals surface area (Å²) in [5.74, 6) is -0.0954. The summed E-state index contributed by atoms with van der Waals surface area (Å²) in [5.41, 5.74) is 8.57. The monoisotopic (exact) mass is 290 g/mol. The van der Waals surface area contributed by atoms with Gasteiger partial charge in [-0.25, -0.2) is 0 Å². The fraction of sp³-hybridized carbons (Fsp3) is 0.267. The summed E-state index contributed by atoms with van der Waals surface area (Å²) in [6.45, 7) is 2.93. The summed E-state index contributed by atoms with van der Waals surface area (Å²) >= 11 is 1.41. The van der Waals surface area contributed by atoms with Crippen molar-refractivity contribution < 1.29 is 9.53 Å². The summed E-state index contributed by atoms with van der Waals surface area (Å²) in [5, 5.41) is 2.91. The Bertz CT molecular complexity index is 588. The maximum absolute atomic E-state index is 12.1. The number of carbonyl (C=O) groups is 1. The molecule has 106 valence electrons. The van der Waals surface area contributed by atoms with E-state index in [1.54, 1.807) is 13.2 Å². The van der Waals surface area contributed by atoms with Gasteiger partial charge in [-0.15, -0.1) is 11.3 Å². The molecule has 0 radical (unpaired) electrons. The molecule has 20 heavy (non-hydrogen) atoms. The number of aryl methyl sites for hydroxylation is 1. The van der Waals surface area contributed by atoms with Crippen molar-refractivity contribution in [3.63, 3.8) is 0 Å². The molecule has 0 aliphatic heterocycles. The average Bonchev–Trinajstić information content (AvgIpc) is 2.78. The molecule has 2 rings (SSSR count). The number of thiophene rings is 1. The van der Waals surface area contributed by atoms with Gasteiger partial charge in [0, 0.05) is 24.2 Å². The number of nitrogens with two attached hydrogens (primary N) is 1. The quantitative estimate of drug-likeness (QED) is 0.890. The van der Waals surface area contributed by atoms with Gasteiger partial charge in [-0.1, -0.05) is 24.3 Å². The van der Waals surface area contributed by atoms with Crippen LogP contribution < -0.4 is 11.1 Å². The molecule has 2 aromatic rings. The predicted octanol–water partition coefficient (Wildman–Crippen LogP) is 2.72. The van der Waals surface area contributed by atoms with Gasteiger partial charge in [-0.3, -0.25) is 4.79 Å². The molecule has 1 heterocycles. The molecule has 5 heteroatoms. The first kappa shape index (κ1) is 14.6. The van der Waals surface area contributed by atoms with Crippen LogP contribution in [-0.2, 0) is 17.9 Å². The van der Waals surface area contributed by atoms with Crippen LogP contribution >= 0.6 is 11.3 Å². The highest BCUT2D eigenvalue weighted by Gasteiger charge is 2.11. The molecule has 4 nitrogen and oxygen atoms in total. The Morgan fingerprint density at radius 3 is 2.65 bits per heavy atom. The van der Waals surface area contributed by atoms with E-state index in [0.717, 1.165) is 16.0 Å². The van der Waals surface area contributed by atoms with Crippen molar-refractivity contribution >= 4 is 22.9 Å². The van der Waals surface area contributed by atoms with Crippen molar-refractivity contribution in [2.75, 3.05) is 12.8 Å². The number of methoxy groups -OCH3 is 1. The molecule has 0 spiro atoms. The minimum atomic E-state index is -0.0954. The fourth-order valence-corrected chi connectivity index (χ4v) is 2.75. The number of benzene rings is 1. The van der Waals surface area contributed by atoms with Crippen molar-refractivity contribution in [3.8, 4) is 0 Å². The standard InChI is InChI=1S/C15H18N2O2S/c1-10-13(16)7-14(20-10)15(18)17-8-11-5-3-4-6-12(11)9-19-2/h3-7H,8-9,16H2,1-2H3,(H,17,18). The van der Waals surface area contributed by atoms with Crippen LogP contribution in [0.2, 0.25) is 0 Å². The molecule has 1 aromatic heterocycles. The van der Waals surface area contributed by atoms with E-state index in [1.807, 2.05) is 31.2 Å². The van der Waals surface area contributed by atoms with Gasteiger partial charge in [0.2, 0.25) is 0 Å². The van der Waals surface area contributed by atoms with Gasteiger partial charge < -0.3 is 15.8 Å². The predicted molar refractivity (Wildman–Crippen MR) is 81.8 cm³/mol. The maximum atomic E-state index is 12.1. The zero-order chi connectivity index (χ0) is 14.5. The molecule has 0 aliphatic carbocycles. The molecule has 0 bridgehead atoms. The van der Waals surface area contributed by atoms with Crippen LogP contribution in [0.1, 0.15) is 25.7 Å². The highest BCUT2D eigenvalue weighted by atomic mass is 32.1. The van der Waals surface area contributed by atoms with Gasteiger partial charge in [0.1, 0.15) is 0 Å². The number of amides is 1. The number of nitrogens with one attached hydrogen (secondary N) is 1.